The summed E-state index contributed by atoms with van der Waals surface area (Å²) in [7, 11) is 0. The van der Waals surface area contributed by atoms with E-state index in [4.69, 9.17) is 33.7 Å². The summed E-state index contributed by atoms with van der Waals surface area (Å²) in [5.41, 5.74) is 7.36. The lowest BCUT2D eigenvalue weighted by Gasteiger charge is -2.16. The molecule has 0 radical (unpaired) electrons. The van der Waals surface area contributed by atoms with Crippen molar-refractivity contribution in [2.45, 2.75) is 13.2 Å². The minimum Gasteiger partial charge on any atom is -0.488 e. The van der Waals surface area contributed by atoms with E-state index in [0.717, 1.165) is 27.6 Å². The first-order valence-electron chi connectivity index (χ1n) is 10.2. The maximum absolute atomic E-state index is 12.0. The number of nitrogens with one attached hydrogen (secondary N) is 2. The van der Waals surface area contributed by atoms with Crippen LogP contribution in [0.4, 0.5) is 5.82 Å². The van der Waals surface area contributed by atoms with Crippen molar-refractivity contribution >= 4 is 58.1 Å². The molecule has 3 aromatic carbocycles. The molecule has 0 saturated heterocycles. The second-order valence-corrected chi connectivity index (χ2v) is 8.06. The third-order valence-corrected chi connectivity index (χ3v) is 5.60. The molecule has 0 unspecified atom stereocenters. The summed E-state index contributed by atoms with van der Waals surface area (Å²) >= 11 is 12.3. The number of nitrogens with zero attached hydrogens (tertiary/aromatic N) is 2. The zero-order valence-electron chi connectivity index (χ0n) is 17.9. The number of fused-ring (bicyclic) bond motifs is 1. The lowest BCUT2D eigenvalue weighted by atomic mass is 10.0. The maximum Gasteiger partial charge on any atom is 0.277 e. The fourth-order valence-corrected chi connectivity index (χ4v) is 3.81. The summed E-state index contributed by atoms with van der Waals surface area (Å²) in [5.74, 6) is 0.265. The van der Waals surface area contributed by atoms with Gasteiger partial charge in [0.05, 0.1) is 0 Å². The molecule has 4 N–H and O–H groups in total. The number of nitrogen functional groups attached to an aromatic ring is 1. The van der Waals surface area contributed by atoms with Crippen LogP contribution in [0.25, 0.3) is 10.8 Å². The second-order valence-electron chi connectivity index (χ2n) is 7.22. The lowest BCUT2D eigenvalue weighted by molar-refractivity contribution is 0.0944. The van der Waals surface area contributed by atoms with Gasteiger partial charge in [-0.25, -0.2) is 4.63 Å². The predicted octanol–water partition coefficient (Wildman–Crippen LogP) is 4.63. The van der Waals surface area contributed by atoms with E-state index in [1.807, 2.05) is 30.3 Å². The van der Waals surface area contributed by atoms with Crippen molar-refractivity contribution in [3.63, 3.8) is 0 Å². The first-order valence-corrected chi connectivity index (χ1v) is 10.9. The molecule has 0 spiro atoms. The molecule has 11 heteroatoms. The molecule has 4 rings (SSSR count). The normalized spacial score (nSPS) is 10.6. The Balaban J connectivity index is 0.00000324. The van der Waals surface area contributed by atoms with Gasteiger partial charge in [0.1, 0.15) is 12.4 Å². The molecule has 0 bridgehead atoms. The zero-order valence-corrected chi connectivity index (χ0v) is 20.2. The highest BCUT2D eigenvalue weighted by atomic mass is 35.5. The minimum atomic E-state index is -0.440. The number of carbonyl (C=O) groups is 1. The van der Waals surface area contributed by atoms with Gasteiger partial charge in [-0.15, -0.1) is 12.4 Å². The zero-order chi connectivity index (χ0) is 23.2. The van der Waals surface area contributed by atoms with E-state index >= 15 is 0 Å². The molecule has 0 aliphatic rings. The quantitative estimate of drug-likeness (QED) is 0.274. The standard InChI is InChI=1S/C23H21Cl2N5O3.ClH/c24-16-7-5-15(19(25)11-16)13-32-20-8-6-14-3-1-2-4-17(14)18(20)12-27-9-10-28-23(31)21-22(26)30-33-29-21;/h1-8,11,27H,9-10,12-13H2,(H2,26,30)(H,28,31);1H. The predicted molar refractivity (Wildman–Crippen MR) is 135 cm³/mol. The molecule has 4 aromatic rings. The number of carbonyl (C=O) groups excluding carboxylic acids is 1. The largest absolute Gasteiger partial charge is 0.488 e. The van der Waals surface area contributed by atoms with Crippen LogP contribution in [0.5, 0.6) is 5.75 Å². The van der Waals surface area contributed by atoms with Gasteiger partial charge in [0, 0.05) is 40.8 Å². The van der Waals surface area contributed by atoms with Crippen molar-refractivity contribution in [2.24, 2.45) is 0 Å². The highest BCUT2D eigenvalue weighted by Gasteiger charge is 2.15. The summed E-state index contributed by atoms with van der Waals surface area (Å²) in [6.07, 6.45) is 0. The monoisotopic (exact) mass is 521 g/mol. The van der Waals surface area contributed by atoms with Crippen LogP contribution < -0.4 is 21.1 Å². The number of benzene rings is 3. The van der Waals surface area contributed by atoms with Gasteiger partial charge in [-0.3, -0.25) is 4.79 Å². The lowest BCUT2D eigenvalue weighted by Crippen LogP contribution is -2.32. The van der Waals surface area contributed by atoms with Crippen LogP contribution in [-0.4, -0.2) is 29.3 Å². The van der Waals surface area contributed by atoms with Crippen LogP contribution in [0.15, 0.2) is 59.2 Å². The summed E-state index contributed by atoms with van der Waals surface area (Å²) in [6, 6.07) is 17.4. The first kappa shape index (κ1) is 25.6. The molecular weight excluding hydrogens is 501 g/mol. The van der Waals surface area contributed by atoms with Crippen LogP contribution in [0.1, 0.15) is 21.6 Å². The van der Waals surface area contributed by atoms with E-state index in [-0.39, 0.29) is 23.9 Å². The number of ether oxygens (including phenoxy) is 1. The number of amides is 1. The number of anilines is 1. The summed E-state index contributed by atoms with van der Waals surface area (Å²) < 4.78 is 10.6. The Morgan fingerprint density at radius 1 is 1.06 bits per heavy atom. The number of halogens is 3. The average molecular weight is 523 g/mol. The van der Waals surface area contributed by atoms with E-state index in [1.54, 1.807) is 12.1 Å². The molecule has 0 atom stereocenters. The summed E-state index contributed by atoms with van der Waals surface area (Å²) in [6.45, 7) is 1.73. The van der Waals surface area contributed by atoms with Gasteiger partial charge in [0.15, 0.2) is 0 Å². The van der Waals surface area contributed by atoms with Crippen LogP contribution in [0, 0.1) is 0 Å². The number of aromatic nitrogens is 2. The molecule has 1 amide bonds. The molecule has 0 fully saturated rings. The molecule has 8 nitrogen and oxygen atoms in total. The van der Waals surface area contributed by atoms with Gasteiger partial charge in [-0.2, -0.15) is 0 Å². The van der Waals surface area contributed by atoms with Gasteiger partial charge in [-0.1, -0.05) is 59.6 Å². The number of hydrogen-bond acceptors (Lipinski definition) is 7. The smallest absolute Gasteiger partial charge is 0.277 e. The van der Waals surface area contributed by atoms with E-state index in [1.165, 1.54) is 0 Å². The molecule has 1 heterocycles. The Hall–Kier alpha value is -3.04. The number of hydrogen-bond donors (Lipinski definition) is 3. The van der Waals surface area contributed by atoms with Crippen LogP contribution >= 0.6 is 35.6 Å². The van der Waals surface area contributed by atoms with Crippen molar-refractivity contribution in [1.29, 1.82) is 0 Å². The van der Waals surface area contributed by atoms with E-state index in [9.17, 15) is 4.79 Å². The van der Waals surface area contributed by atoms with E-state index < -0.39 is 5.91 Å². The Bertz CT molecular complexity index is 1280. The first-order chi connectivity index (χ1) is 16.0. The Morgan fingerprint density at radius 2 is 1.88 bits per heavy atom. The van der Waals surface area contributed by atoms with Crippen molar-refractivity contribution in [3.05, 3.63) is 81.5 Å². The summed E-state index contributed by atoms with van der Waals surface area (Å²) in [5, 5.41) is 16.3. The number of nitrogens with two attached hydrogens (primary N) is 1. The highest BCUT2D eigenvalue weighted by Crippen LogP contribution is 2.30. The van der Waals surface area contributed by atoms with Crippen LogP contribution in [0.2, 0.25) is 10.0 Å². The van der Waals surface area contributed by atoms with Gasteiger partial charge < -0.3 is 21.1 Å². The Kier molecular flexibility index (Phi) is 8.95. The molecule has 178 valence electrons. The second kappa shape index (κ2) is 11.9. The minimum absolute atomic E-state index is 0. The SMILES string of the molecule is Cl.Nc1nonc1C(=O)NCCNCc1c(OCc2ccc(Cl)cc2Cl)ccc2ccccc12. The van der Waals surface area contributed by atoms with Crippen molar-refractivity contribution in [2.75, 3.05) is 18.8 Å². The van der Waals surface area contributed by atoms with E-state index in [2.05, 4.69) is 37.7 Å². The summed E-state index contributed by atoms with van der Waals surface area (Å²) in [4.78, 5) is 12.0. The Morgan fingerprint density at radius 3 is 2.65 bits per heavy atom. The fourth-order valence-electron chi connectivity index (χ4n) is 3.34. The van der Waals surface area contributed by atoms with Crippen molar-refractivity contribution < 1.29 is 14.2 Å². The Labute approximate surface area is 212 Å². The molecule has 0 saturated carbocycles. The van der Waals surface area contributed by atoms with Gasteiger partial charge >= 0.3 is 0 Å². The van der Waals surface area contributed by atoms with Gasteiger partial charge in [0.2, 0.25) is 11.5 Å². The topological polar surface area (TPSA) is 115 Å². The number of rotatable bonds is 9. The molecule has 1 aromatic heterocycles. The van der Waals surface area contributed by atoms with Gasteiger partial charge in [0.25, 0.3) is 5.91 Å². The van der Waals surface area contributed by atoms with E-state index in [0.29, 0.717) is 36.3 Å². The fraction of sp³-hybridized carbons (Fsp3) is 0.174. The molecule has 0 aliphatic carbocycles. The highest BCUT2D eigenvalue weighted by molar-refractivity contribution is 6.35. The van der Waals surface area contributed by atoms with Crippen LogP contribution in [0.3, 0.4) is 0 Å². The third kappa shape index (κ3) is 6.09. The molecule has 34 heavy (non-hydrogen) atoms. The van der Waals surface area contributed by atoms with Crippen molar-refractivity contribution in [3.8, 4) is 5.75 Å². The van der Waals surface area contributed by atoms with Crippen LogP contribution in [-0.2, 0) is 13.2 Å². The molecular formula is C23H22Cl3N5O3. The third-order valence-electron chi connectivity index (χ3n) is 5.01. The maximum atomic E-state index is 12.0. The van der Waals surface area contributed by atoms with Crippen molar-refractivity contribution in [1.82, 2.24) is 20.9 Å². The molecule has 0 aliphatic heterocycles. The average Bonchev–Trinajstić information content (AvgIpc) is 3.24. The van der Waals surface area contributed by atoms with Gasteiger partial charge in [-0.05, 0) is 39.3 Å².